The lowest BCUT2D eigenvalue weighted by Gasteiger charge is -2.35. The smallest absolute Gasteiger partial charge is 0.410 e. The predicted octanol–water partition coefficient (Wildman–Crippen LogP) is 1.06. The standard InChI is InChI=1S/C12H20N2O3/c1-2-17-12(15)14-5-3-11(4-6-14)13-7-9-16-10-8-13/h3H,2,4-10H2,1H3. The molecule has 1 fully saturated rings. The van der Waals surface area contributed by atoms with Gasteiger partial charge in [0.2, 0.25) is 0 Å². The van der Waals surface area contributed by atoms with Gasteiger partial charge in [-0.05, 0) is 13.0 Å². The Morgan fingerprint density at radius 1 is 1.41 bits per heavy atom. The molecule has 17 heavy (non-hydrogen) atoms. The maximum atomic E-state index is 11.5. The third kappa shape index (κ3) is 3.12. The summed E-state index contributed by atoms with van der Waals surface area (Å²) in [4.78, 5) is 15.6. The van der Waals surface area contributed by atoms with Gasteiger partial charge in [-0.1, -0.05) is 0 Å². The first kappa shape index (κ1) is 12.2. The number of carbonyl (C=O) groups excluding carboxylic acids is 1. The van der Waals surface area contributed by atoms with Gasteiger partial charge < -0.3 is 19.3 Å². The number of hydrogen-bond acceptors (Lipinski definition) is 4. The fraction of sp³-hybridized carbons (Fsp3) is 0.750. The molecule has 0 spiro atoms. The van der Waals surface area contributed by atoms with Crippen molar-refractivity contribution in [2.45, 2.75) is 13.3 Å². The minimum Gasteiger partial charge on any atom is -0.450 e. The lowest BCUT2D eigenvalue weighted by atomic mass is 10.1. The van der Waals surface area contributed by atoms with E-state index < -0.39 is 0 Å². The van der Waals surface area contributed by atoms with Crippen molar-refractivity contribution in [3.05, 3.63) is 11.8 Å². The van der Waals surface area contributed by atoms with Crippen molar-refractivity contribution in [1.82, 2.24) is 9.80 Å². The molecule has 2 rings (SSSR count). The van der Waals surface area contributed by atoms with Crippen LogP contribution in [0.3, 0.4) is 0 Å². The van der Waals surface area contributed by atoms with Crippen molar-refractivity contribution in [2.24, 2.45) is 0 Å². The van der Waals surface area contributed by atoms with Crippen molar-refractivity contribution in [3.8, 4) is 0 Å². The normalized spacial score (nSPS) is 21.1. The molecule has 2 aliphatic rings. The molecule has 0 atom stereocenters. The summed E-state index contributed by atoms with van der Waals surface area (Å²) in [6.45, 7) is 7.22. The molecule has 0 aromatic rings. The van der Waals surface area contributed by atoms with E-state index in [0.717, 1.165) is 39.3 Å². The number of amides is 1. The van der Waals surface area contributed by atoms with Crippen molar-refractivity contribution in [2.75, 3.05) is 46.0 Å². The van der Waals surface area contributed by atoms with E-state index in [-0.39, 0.29) is 6.09 Å². The zero-order chi connectivity index (χ0) is 12.1. The average molecular weight is 240 g/mol. The van der Waals surface area contributed by atoms with E-state index in [1.807, 2.05) is 6.92 Å². The first-order chi connectivity index (χ1) is 8.31. The second-order valence-corrected chi connectivity index (χ2v) is 4.19. The molecule has 1 saturated heterocycles. The fourth-order valence-corrected chi connectivity index (χ4v) is 2.18. The summed E-state index contributed by atoms with van der Waals surface area (Å²) in [6, 6.07) is 0. The zero-order valence-corrected chi connectivity index (χ0v) is 10.4. The molecule has 96 valence electrons. The third-order valence-electron chi connectivity index (χ3n) is 3.13. The summed E-state index contributed by atoms with van der Waals surface area (Å²) >= 11 is 0. The SMILES string of the molecule is CCOC(=O)N1CC=C(N2CCOCC2)CC1. The largest absolute Gasteiger partial charge is 0.450 e. The highest BCUT2D eigenvalue weighted by molar-refractivity contribution is 5.68. The van der Waals surface area contributed by atoms with Crippen molar-refractivity contribution in [1.29, 1.82) is 0 Å². The molecule has 5 heteroatoms. The highest BCUT2D eigenvalue weighted by Crippen LogP contribution is 2.17. The summed E-state index contributed by atoms with van der Waals surface area (Å²) in [5.41, 5.74) is 1.34. The number of ether oxygens (including phenoxy) is 2. The van der Waals surface area contributed by atoms with Crippen LogP contribution in [0.25, 0.3) is 0 Å². The summed E-state index contributed by atoms with van der Waals surface area (Å²) in [5, 5.41) is 0. The Labute approximate surface area is 102 Å². The topological polar surface area (TPSA) is 42.0 Å². The Morgan fingerprint density at radius 2 is 2.18 bits per heavy atom. The molecule has 0 N–H and O–H groups in total. The second-order valence-electron chi connectivity index (χ2n) is 4.19. The van der Waals surface area contributed by atoms with E-state index in [4.69, 9.17) is 9.47 Å². The van der Waals surface area contributed by atoms with Gasteiger partial charge >= 0.3 is 6.09 Å². The number of hydrogen-bond donors (Lipinski definition) is 0. The minimum atomic E-state index is -0.204. The Kier molecular flexibility index (Phi) is 4.25. The Balaban J connectivity index is 1.85. The monoisotopic (exact) mass is 240 g/mol. The lowest BCUT2D eigenvalue weighted by Crippen LogP contribution is -2.41. The summed E-state index contributed by atoms with van der Waals surface area (Å²) in [7, 11) is 0. The van der Waals surface area contributed by atoms with Gasteiger partial charge in [0.05, 0.1) is 19.8 Å². The molecule has 5 nitrogen and oxygen atoms in total. The molecule has 0 aromatic carbocycles. The molecule has 0 aliphatic carbocycles. The molecule has 0 radical (unpaired) electrons. The number of rotatable bonds is 2. The van der Waals surface area contributed by atoms with E-state index in [1.165, 1.54) is 5.70 Å². The van der Waals surface area contributed by atoms with Crippen molar-refractivity contribution >= 4 is 6.09 Å². The van der Waals surface area contributed by atoms with Crippen molar-refractivity contribution < 1.29 is 14.3 Å². The molecular formula is C12H20N2O3. The van der Waals surface area contributed by atoms with Crippen LogP contribution in [-0.2, 0) is 9.47 Å². The first-order valence-corrected chi connectivity index (χ1v) is 6.24. The van der Waals surface area contributed by atoms with Crippen LogP contribution in [0.2, 0.25) is 0 Å². The van der Waals surface area contributed by atoms with Crippen LogP contribution in [0.4, 0.5) is 4.79 Å². The second kappa shape index (κ2) is 5.91. The molecule has 0 saturated carbocycles. The van der Waals surface area contributed by atoms with E-state index in [9.17, 15) is 4.79 Å². The highest BCUT2D eigenvalue weighted by Gasteiger charge is 2.21. The van der Waals surface area contributed by atoms with Gasteiger partial charge in [-0.2, -0.15) is 0 Å². The van der Waals surface area contributed by atoms with E-state index in [0.29, 0.717) is 13.2 Å². The van der Waals surface area contributed by atoms with Crippen LogP contribution in [-0.4, -0.2) is 61.9 Å². The lowest BCUT2D eigenvalue weighted by molar-refractivity contribution is 0.0492. The fourth-order valence-electron chi connectivity index (χ4n) is 2.18. The van der Waals surface area contributed by atoms with E-state index >= 15 is 0 Å². The van der Waals surface area contributed by atoms with Gasteiger partial charge in [0.1, 0.15) is 0 Å². The van der Waals surface area contributed by atoms with Crippen LogP contribution in [0, 0.1) is 0 Å². The third-order valence-corrected chi connectivity index (χ3v) is 3.13. The van der Waals surface area contributed by atoms with Crippen LogP contribution in [0.15, 0.2) is 11.8 Å². The predicted molar refractivity (Wildman–Crippen MR) is 63.7 cm³/mol. The maximum absolute atomic E-state index is 11.5. The average Bonchev–Trinajstić information content (AvgIpc) is 2.40. The van der Waals surface area contributed by atoms with Gasteiger partial charge in [-0.15, -0.1) is 0 Å². The molecule has 0 unspecified atom stereocenters. The molecule has 0 aromatic heterocycles. The molecular weight excluding hydrogens is 220 g/mol. The summed E-state index contributed by atoms with van der Waals surface area (Å²) < 4.78 is 10.3. The van der Waals surface area contributed by atoms with Crippen LogP contribution in [0.1, 0.15) is 13.3 Å². The summed E-state index contributed by atoms with van der Waals surface area (Å²) in [5.74, 6) is 0. The molecule has 1 amide bonds. The van der Waals surface area contributed by atoms with Crippen LogP contribution in [0.5, 0.6) is 0 Å². The minimum absolute atomic E-state index is 0.204. The van der Waals surface area contributed by atoms with E-state index in [2.05, 4.69) is 11.0 Å². The van der Waals surface area contributed by atoms with Gasteiger partial charge in [-0.25, -0.2) is 4.79 Å². The maximum Gasteiger partial charge on any atom is 0.410 e. The number of carbonyl (C=O) groups is 1. The quantitative estimate of drug-likeness (QED) is 0.724. The van der Waals surface area contributed by atoms with Gasteiger partial charge in [0.25, 0.3) is 0 Å². The van der Waals surface area contributed by atoms with E-state index in [1.54, 1.807) is 4.90 Å². The van der Waals surface area contributed by atoms with Crippen LogP contribution >= 0.6 is 0 Å². The first-order valence-electron chi connectivity index (χ1n) is 6.24. The molecule has 2 aliphatic heterocycles. The number of morpholine rings is 1. The highest BCUT2D eigenvalue weighted by atomic mass is 16.6. The zero-order valence-electron chi connectivity index (χ0n) is 10.4. The molecule has 2 heterocycles. The Hall–Kier alpha value is -1.23. The molecule has 0 bridgehead atoms. The van der Waals surface area contributed by atoms with Crippen LogP contribution < -0.4 is 0 Å². The summed E-state index contributed by atoms with van der Waals surface area (Å²) in [6.07, 6.45) is 2.84. The Morgan fingerprint density at radius 3 is 2.76 bits per heavy atom. The van der Waals surface area contributed by atoms with Crippen molar-refractivity contribution in [3.63, 3.8) is 0 Å². The number of nitrogens with zero attached hydrogens (tertiary/aromatic N) is 2. The van der Waals surface area contributed by atoms with Gasteiger partial charge in [0.15, 0.2) is 0 Å². The van der Waals surface area contributed by atoms with Gasteiger partial charge in [-0.3, -0.25) is 0 Å². The Bertz CT molecular complexity index is 298. The van der Waals surface area contributed by atoms with Gasteiger partial charge in [0, 0.05) is 38.3 Å².